The van der Waals surface area contributed by atoms with Gasteiger partial charge in [-0.05, 0) is 42.8 Å². The molecule has 1 atom stereocenters. The van der Waals surface area contributed by atoms with Gasteiger partial charge >= 0.3 is 0 Å². The summed E-state index contributed by atoms with van der Waals surface area (Å²) in [7, 11) is 0. The van der Waals surface area contributed by atoms with Crippen molar-refractivity contribution in [2.45, 2.75) is 25.9 Å². The third kappa shape index (κ3) is 5.71. The number of rotatable bonds is 8. The van der Waals surface area contributed by atoms with Crippen LogP contribution in [0.15, 0.2) is 48.5 Å². The molecule has 0 spiro atoms. The highest BCUT2D eigenvalue weighted by atomic mass is 16.5. The van der Waals surface area contributed by atoms with E-state index in [0.717, 1.165) is 44.1 Å². The number of nitrogens with zero attached hydrogens (tertiary/aromatic N) is 1. The van der Waals surface area contributed by atoms with Crippen LogP contribution < -0.4 is 20.7 Å². The van der Waals surface area contributed by atoms with E-state index in [-0.39, 0.29) is 11.7 Å². The Bertz CT molecular complexity index is 832. The summed E-state index contributed by atoms with van der Waals surface area (Å²) in [4.78, 5) is 15.0. The van der Waals surface area contributed by atoms with Gasteiger partial charge in [-0.15, -0.1) is 0 Å². The standard InChI is InChI=1S/C22H28N4O3/c1-2-4-20(29-19-6-3-5-16(15-19)21(23)24)22(27)25-17-7-9-18(10-8-17)26-11-13-28-14-12-26/h3,5-10,15,20H,2,4,11-14H2,1H3,(H3,23,24)(H,25,27). The minimum Gasteiger partial charge on any atom is -0.481 e. The van der Waals surface area contributed by atoms with Gasteiger partial charge in [0.1, 0.15) is 11.6 Å². The van der Waals surface area contributed by atoms with Crippen LogP contribution in [0, 0.1) is 5.41 Å². The highest BCUT2D eigenvalue weighted by Gasteiger charge is 2.20. The summed E-state index contributed by atoms with van der Waals surface area (Å²) >= 11 is 0. The number of ether oxygens (including phenoxy) is 2. The number of anilines is 2. The molecule has 7 heteroatoms. The van der Waals surface area contributed by atoms with E-state index in [1.54, 1.807) is 24.3 Å². The Labute approximate surface area is 171 Å². The zero-order valence-corrected chi connectivity index (χ0v) is 16.7. The summed E-state index contributed by atoms with van der Waals surface area (Å²) in [5, 5.41) is 10.5. The van der Waals surface area contributed by atoms with Crippen molar-refractivity contribution in [2.75, 3.05) is 36.5 Å². The molecule has 4 N–H and O–H groups in total. The van der Waals surface area contributed by atoms with E-state index in [1.807, 2.05) is 31.2 Å². The molecule has 0 aliphatic carbocycles. The number of amides is 1. The lowest BCUT2D eigenvalue weighted by Crippen LogP contribution is -2.36. The molecule has 1 unspecified atom stereocenters. The molecule has 29 heavy (non-hydrogen) atoms. The van der Waals surface area contributed by atoms with Crippen LogP contribution in [0.5, 0.6) is 5.75 Å². The molecule has 7 nitrogen and oxygen atoms in total. The van der Waals surface area contributed by atoms with Crippen LogP contribution in [0.2, 0.25) is 0 Å². The Morgan fingerprint density at radius 2 is 1.97 bits per heavy atom. The van der Waals surface area contributed by atoms with Gasteiger partial charge in [-0.3, -0.25) is 10.2 Å². The normalized spacial score (nSPS) is 14.9. The number of amidine groups is 1. The van der Waals surface area contributed by atoms with Gasteiger partial charge in [0, 0.05) is 30.0 Å². The summed E-state index contributed by atoms with van der Waals surface area (Å²) in [5.41, 5.74) is 7.95. The molecule has 1 aliphatic heterocycles. The van der Waals surface area contributed by atoms with Crippen LogP contribution in [-0.2, 0) is 9.53 Å². The third-order valence-corrected chi connectivity index (χ3v) is 4.78. The lowest BCUT2D eigenvalue weighted by molar-refractivity contribution is -0.123. The number of benzene rings is 2. The van der Waals surface area contributed by atoms with Gasteiger partial charge in [0.2, 0.25) is 0 Å². The molecule has 154 valence electrons. The van der Waals surface area contributed by atoms with Crippen LogP contribution in [0.3, 0.4) is 0 Å². The van der Waals surface area contributed by atoms with E-state index >= 15 is 0 Å². The van der Waals surface area contributed by atoms with Crippen LogP contribution in [0.1, 0.15) is 25.3 Å². The van der Waals surface area contributed by atoms with Crippen molar-refractivity contribution in [3.63, 3.8) is 0 Å². The second-order valence-corrected chi connectivity index (χ2v) is 6.97. The number of nitrogen functional groups attached to an aromatic ring is 1. The lowest BCUT2D eigenvalue weighted by atomic mass is 10.1. The molecular weight excluding hydrogens is 368 g/mol. The maximum absolute atomic E-state index is 12.8. The minimum absolute atomic E-state index is 0.0349. The topological polar surface area (TPSA) is 101 Å². The van der Waals surface area contributed by atoms with Gasteiger partial charge in [0.15, 0.2) is 6.10 Å². The Morgan fingerprint density at radius 3 is 2.62 bits per heavy atom. The Morgan fingerprint density at radius 1 is 1.24 bits per heavy atom. The quantitative estimate of drug-likeness (QED) is 0.470. The molecule has 0 bridgehead atoms. The zero-order valence-electron chi connectivity index (χ0n) is 16.7. The van der Waals surface area contributed by atoms with E-state index in [0.29, 0.717) is 17.7 Å². The van der Waals surface area contributed by atoms with Gasteiger partial charge in [0.05, 0.1) is 13.2 Å². The van der Waals surface area contributed by atoms with Crippen LogP contribution in [0.4, 0.5) is 11.4 Å². The van der Waals surface area contributed by atoms with Crippen molar-refractivity contribution >= 4 is 23.1 Å². The molecular formula is C22H28N4O3. The largest absolute Gasteiger partial charge is 0.481 e. The molecule has 1 saturated heterocycles. The maximum Gasteiger partial charge on any atom is 0.265 e. The fourth-order valence-corrected chi connectivity index (χ4v) is 3.21. The lowest BCUT2D eigenvalue weighted by Gasteiger charge is -2.29. The Hall–Kier alpha value is -3.06. The van der Waals surface area contributed by atoms with E-state index in [2.05, 4.69) is 10.2 Å². The fraction of sp³-hybridized carbons (Fsp3) is 0.364. The van der Waals surface area contributed by atoms with Crippen LogP contribution in [-0.4, -0.2) is 44.2 Å². The highest BCUT2D eigenvalue weighted by Crippen LogP contribution is 2.21. The van der Waals surface area contributed by atoms with Crippen molar-refractivity contribution in [2.24, 2.45) is 5.73 Å². The van der Waals surface area contributed by atoms with Crippen molar-refractivity contribution in [1.82, 2.24) is 0 Å². The first-order chi connectivity index (χ1) is 14.1. The molecule has 1 aliphatic rings. The van der Waals surface area contributed by atoms with Gasteiger partial charge in [-0.2, -0.15) is 0 Å². The molecule has 2 aromatic rings. The van der Waals surface area contributed by atoms with E-state index in [1.165, 1.54) is 0 Å². The first kappa shape index (κ1) is 20.7. The number of hydrogen-bond acceptors (Lipinski definition) is 5. The first-order valence-corrected chi connectivity index (χ1v) is 9.91. The number of morpholine rings is 1. The maximum atomic E-state index is 12.8. The van der Waals surface area contributed by atoms with Gasteiger partial charge in [-0.1, -0.05) is 25.5 Å². The molecule has 3 rings (SSSR count). The minimum atomic E-state index is -0.624. The smallest absolute Gasteiger partial charge is 0.265 e. The predicted octanol–water partition coefficient (Wildman–Crippen LogP) is 2.99. The van der Waals surface area contributed by atoms with E-state index < -0.39 is 6.10 Å². The molecule has 0 aromatic heterocycles. The number of carbonyl (C=O) groups is 1. The number of nitrogens with two attached hydrogens (primary N) is 1. The SMILES string of the molecule is CCCC(Oc1cccc(C(=N)N)c1)C(=O)Nc1ccc(N2CCOCC2)cc1. The molecule has 1 fully saturated rings. The average molecular weight is 396 g/mol. The van der Waals surface area contributed by atoms with Crippen LogP contribution >= 0.6 is 0 Å². The van der Waals surface area contributed by atoms with Crippen molar-refractivity contribution in [3.8, 4) is 5.75 Å². The summed E-state index contributed by atoms with van der Waals surface area (Å²) < 4.78 is 11.3. The summed E-state index contributed by atoms with van der Waals surface area (Å²) in [6, 6.07) is 14.8. The molecule has 2 aromatic carbocycles. The van der Waals surface area contributed by atoms with Gasteiger partial charge < -0.3 is 25.4 Å². The average Bonchev–Trinajstić information content (AvgIpc) is 2.75. The Balaban J connectivity index is 1.64. The molecule has 1 amide bonds. The predicted molar refractivity (Wildman–Crippen MR) is 115 cm³/mol. The molecule has 1 heterocycles. The zero-order chi connectivity index (χ0) is 20.6. The van der Waals surface area contributed by atoms with Crippen molar-refractivity contribution in [1.29, 1.82) is 5.41 Å². The monoisotopic (exact) mass is 396 g/mol. The van der Waals surface area contributed by atoms with Gasteiger partial charge in [0.25, 0.3) is 5.91 Å². The van der Waals surface area contributed by atoms with E-state index in [9.17, 15) is 4.79 Å². The fourth-order valence-electron chi connectivity index (χ4n) is 3.21. The van der Waals surface area contributed by atoms with Gasteiger partial charge in [-0.25, -0.2) is 0 Å². The second kappa shape index (κ2) is 9.93. The second-order valence-electron chi connectivity index (χ2n) is 6.97. The summed E-state index contributed by atoms with van der Waals surface area (Å²) in [5.74, 6) is 0.292. The number of nitrogens with one attached hydrogen (secondary N) is 2. The number of carbonyl (C=O) groups excluding carboxylic acids is 1. The van der Waals surface area contributed by atoms with Crippen LogP contribution in [0.25, 0.3) is 0 Å². The summed E-state index contributed by atoms with van der Waals surface area (Å²) in [6.45, 7) is 5.22. The van der Waals surface area contributed by atoms with Crippen molar-refractivity contribution in [3.05, 3.63) is 54.1 Å². The van der Waals surface area contributed by atoms with E-state index in [4.69, 9.17) is 20.6 Å². The molecule has 0 radical (unpaired) electrons. The number of hydrogen-bond donors (Lipinski definition) is 3. The summed E-state index contributed by atoms with van der Waals surface area (Å²) in [6.07, 6.45) is 0.767. The Kier molecular flexibility index (Phi) is 7.08. The van der Waals surface area contributed by atoms with Crippen molar-refractivity contribution < 1.29 is 14.3 Å². The third-order valence-electron chi connectivity index (χ3n) is 4.78. The highest BCUT2D eigenvalue weighted by molar-refractivity contribution is 5.96. The first-order valence-electron chi connectivity index (χ1n) is 9.91. The molecule has 0 saturated carbocycles.